The maximum absolute atomic E-state index is 8.84. The Bertz CT molecular complexity index is 520. The van der Waals surface area contributed by atoms with E-state index < -0.39 is 0 Å². The van der Waals surface area contributed by atoms with Gasteiger partial charge in [0.1, 0.15) is 16.8 Å². The molecule has 0 bridgehead atoms. The minimum atomic E-state index is 0.226. The molecule has 0 aromatic carbocycles. The van der Waals surface area contributed by atoms with Crippen LogP contribution in [0.3, 0.4) is 0 Å². The second-order valence-corrected chi connectivity index (χ2v) is 3.20. The van der Waals surface area contributed by atoms with Gasteiger partial charge in [0.05, 0.1) is 6.20 Å². The highest BCUT2D eigenvalue weighted by atomic mass is 35.5. The second-order valence-electron chi connectivity index (χ2n) is 2.79. The molecule has 15 heavy (non-hydrogen) atoms. The Morgan fingerprint density at radius 3 is 2.93 bits per heavy atom. The summed E-state index contributed by atoms with van der Waals surface area (Å²) in [5.41, 5.74) is 6.33. The highest BCUT2D eigenvalue weighted by molar-refractivity contribution is 6.32. The van der Waals surface area contributed by atoms with Gasteiger partial charge in [0, 0.05) is 6.20 Å². The van der Waals surface area contributed by atoms with Crippen molar-refractivity contribution >= 4 is 17.4 Å². The molecule has 2 aromatic heterocycles. The first-order valence-electron chi connectivity index (χ1n) is 4.08. The topological polar surface area (TPSA) is 80.5 Å². The zero-order chi connectivity index (χ0) is 10.8. The molecule has 0 radical (unpaired) electrons. The van der Waals surface area contributed by atoms with Crippen molar-refractivity contribution in [2.45, 2.75) is 0 Å². The second kappa shape index (κ2) is 3.59. The van der Waals surface area contributed by atoms with Gasteiger partial charge in [0.25, 0.3) is 0 Å². The normalized spacial score (nSPS) is 9.87. The number of pyridine rings is 1. The van der Waals surface area contributed by atoms with Crippen LogP contribution in [0.5, 0.6) is 0 Å². The number of aromatic nitrogens is 3. The Hall–Kier alpha value is -2.06. The van der Waals surface area contributed by atoms with E-state index in [1.807, 2.05) is 6.07 Å². The zero-order valence-electron chi connectivity index (χ0n) is 7.55. The van der Waals surface area contributed by atoms with Crippen LogP contribution in [0.25, 0.3) is 5.69 Å². The van der Waals surface area contributed by atoms with E-state index in [1.54, 1.807) is 12.1 Å². The quantitative estimate of drug-likeness (QED) is 0.786. The summed E-state index contributed by atoms with van der Waals surface area (Å²) < 4.78 is 1.43. The highest BCUT2D eigenvalue weighted by Gasteiger charge is 2.08. The molecule has 2 heterocycles. The van der Waals surface area contributed by atoms with E-state index in [4.69, 9.17) is 22.6 Å². The predicted octanol–water partition coefficient (Wildman–Crippen LogP) is 1.37. The molecular formula is C9H6ClN5. The van der Waals surface area contributed by atoms with E-state index in [9.17, 15) is 0 Å². The first-order valence-corrected chi connectivity index (χ1v) is 4.46. The third-order valence-electron chi connectivity index (χ3n) is 1.83. The Morgan fingerprint density at radius 2 is 2.33 bits per heavy atom. The summed E-state index contributed by atoms with van der Waals surface area (Å²) in [6.07, 6.45) is 3.07. The molecule has 0 saturated heterocycles. The van der Waals surface area contributed by atoms with Gasteiger partial charge in [-0.15, -0.1) is 5.10 Å². The van der Waals surface area contributed by atoms with Gasteiger partial charge in [-0.25, -0.2) is 9.67 Å². The van der Waals surface area contributed by atoms with Crippen molar-refractivity contribution in [2.24, 2.45) is 0 Å². The minimum absolute atomic E-state index is 0.226. The van der Waals surface area contributed by atoms with Crippen molar-refractivity contribution in [3.63, 3.8) is 0 Å². The maximum atomic E-state index is 8.84. The fourth-order valence-electron chi connectivity index (χ4n) is 1.16. The number of nitrogens with two attached hydrogens (primary N) is 1. The van der Waals surface area contributed by atoms with E-state index in [2.05, 4.69) is 10.1 Å². The number of hydrogen-bond donors (Lipinski definition) is 1. The molecule has 0 atom stereocenters. The van der Waals surface area contributed by atoms with Crippen LogP contribution < -0.4 is 5.73 Å². The highest BCUT2D eigenvalue weighted by Crippen LogP contribution is 2.19. The summed E-state index contributed by atoms with van der Waals surface area (Å²) in [4.78, 5) is 3.91. The Balaban J connectivity index is 2.59. The number of nitriles is 1. The van der Waals surface area contributed by atoms with E-state index >= 15 is 0 Å². The SMILES string of the molecule is N#Cc1ncccc1-n1cc(Cl)c(N)n1. The molecule has 2 aromatic rings. The molecule has 2 rings (SSSR count). The van der Waals surface area contributed by atoms with Gasteiger partial charge in [-0.3, -0.25) is 0 Å². The smallest absolute Gasteiger partial charge is 0.166 e. The predicted molar refractivity (Wildman–Crippen MR) is 55.5 cm³/mol. The minimum Gasteiger partial charge on any atom is -0.381 e. The Morgan fingerprint density at radius 1 is 1.53 bits per heavy atom. The molecule has 0 fully saturated rings. The number of rotatable bonds is 1. The average molecular weight is 220 g/mol. The van der Waals surface area contributed by atoms with Crippen molar-refractivity contribution in [3.05, 3.63) is 35.2 Å². The Kier molecular flexibility index (Phi) is 2.27. The number of nitrogens with zero attached hydrogens (tertiary/aromatic N) is 4. The lowest BCUT2D eigenvalue weighted by Gasteiger charge is -2.00. The van der Waals surface area contributed by atoms with Gasteiger partial charge in [-0.05, 0) is 12.1 Å². The third kappa shape index (κ3) is 1.63. The van der Waals surface area contributed by atoms with Gasteiger partial charge in [0.15, 0.2) is 11.5 Å². The molecule has 74 valence electrons. The van der Waals surface area contributed by atoms with Gasteiger partial charge in [-0.1, -0.05) is 11.6 Å². The largest absolute Gasteiger partial charge is 0.381 e. The molecule has 0 aliphatic rings. The van der Waals surface area contributed by atoms with E-state index in [1.165, 1.54) is 17.1 Å². The number of nitrogen functional groups attached to an aromatic ring is 1. The lowest BCUT2D eigenvalue weighted by atomic mass is 10.3. The van der Waals surface area contributed by atoms with E-state index in [-0.39, 0.29) is 11.5 Å². The summed E-state index contributed by atoms with van der Waals surface area (Å²) in [5.74, 6) is 0.226. The fourth-order valence-corrected chi connectivity index (χ4v) is 1.29. The van der Waals surface area contributed by atoms with Crippen LogP contribution in [0.4, 0.5) is 5.82 Å². The van der Waals surface area contributed by atoms with Crippen LogP contribution >= 0.6 is 11.6 Å². The lowest BCUT2D eigenvalue weighted by molar-refractivity contribution is 0.874. The molecule has 0 aliphatic heterocycles. The average Bonchev–Trinajstić information content (AvgIpc) is 2.59. The molecule has 6 heteroatoms. The van der Waals surface area contributed by atoms with Crippen molar-refractivity contribution in [3.8, 4) is 11.8 Å². The summed E-state index contributed by atoms with van der Waals surface area (Å²) in [5, 5.41) is 13.1. The van der Waals surface area contributed by atoms with E-state index in [0.29, 0.717) is 10.7 Å². The van der Waals surface area contributed by atoms with Crippen molar-refractivity contribution < 1.29 is 0 Å². The number of anilines is 1. The molecule has 0 amide bonds. The lowest BCUT2D eigenvalue weighted by Crippen LogP contribution is -2.00. The fraction of sp³-hybridized carbons (Fsp3) is 0. The summed E-state index contributed by atoms with van der Waals surface area (Å²) in [6.45, 7) is 0. The maximum Gasteiger partial charge on any atom is 0.166 e. The van der Waals surface area contributed by atoms with Crippen LogP contribution in [0.2, 0.25) is 5.02 Å². The first-order chi connectivity index (χ1) is 7.22. The standard InChI is InChI=1S/C9H6ClN5/c10-6-5-15(14-9(6)12)8-2-1-3-13-7(8)4-11/h1-3,5H,(H2,12,14). The van der Waals surface area contributed by atoms with Crippen molar-refractivity contribution in [1.29, 1.82) is 5.26 Å². The van der Waals surface area contributed by atoms with E-state index in [0.717, 1.165) is 0 Å². The first kappa shape index (κ1) is 9.49. The van der Waals surface area contributed by atoms with Crippen molar-refractivity contribution in [2.75, 3.05) is 5.73 Å². The Labute approximate surface area is 90.7 Å². The van der Waals surface area contributed by atoms with Crippen LogP contribution in [-0.4, -0.2) is 14.8 Å². The summed E-state index contributed by atoms with van der Waals surface area (Å²) in [7, 11) is 0. The zero-order valence-corrected chi connectivity index (χ0v) is 8.31. The molecule has 5 nitrogen and oxygen atoms in total. The van der Waals surface area contributed by atoms with Crippen LogP contribution in [0.15, 0.2) is 24.5 Å². The van der Waals surface area contributed by atoms with Gasteiger partial charge in [-0.2, -0.15) is 5.26 Å². The monoisotopic (exact) mass is 219 g/mol. The molecule has 0 unspecified atom stereocenters. The number of halogens is 1. The van der Waals surface area contributed by atoms with Gasteiger partial charge < -0.3 is 5.73 Å². The molecule has 0 saturated carbocycles. The molecule has 0 spiro atoms. The van der Waals surface area contributed by atoms with Gasteiger partial charge in [0.2, 0.25) is 0 Å². The van der Waals surface area contributed by atoms with Crippen LogP contribution in [0, 0.1) is 11.3 Å². The van der Waals surface area contributed by atoms with Crippen molar-refractivity contribution in [1.82, 2.24) is 14.8 Å². The molecule has 0 aliphatic carbocycles. The van der Waals surface area contributed by atoms with Crippen LogP contribution in [0.1, 0.15) is 5.69 Å². The third-order valence-corrected chi connectivity index (χ3v) is 2.13. The summed E-state index contributed by atoms with van der Waals surface area (Å²) >= 11 is 5.76. The van der Waals surface area contributed by atoms with Crippen LogP contribution in [-0.2, 0) is 0 Å². The molecular weight excluding hydrogens is 214 g/mol. The summed E-state index contributed by atoms with van der Waals surface area (Å²) in [6, 6.07) is 5.39. The number of hydrogen-bond acceptors (Lipinski definition) is 4. The molecule has 2 N–H and O–H groups in total. The van der Waals surface area contributed by atoms with Gasteiger partial charge >= 0.3 is 0 Å².